The van der Waals surface area contributed by atoms with Crippen molar-refractivity contribution in [3.63, 3.8) is 0 Å². The molecule has 0 aliphatic heterocycles. The van der Waals surface area contributed by atoms with Crippen LogP contribution in [0.1, 0.15) is 23.5 Å². The number of halogens is 2. The minimum Gasteiger partial charge on any atom is -0.304 e. The fraction of sp³-hybridized carbons (Fsp3) is 0.250. The second kappa shape index (κ2) is 5.96. The van der Waals surface area contributed by atoms with Gasteiger partial charge in [-0.3, -0.25) is 0 Å². The van der Waals surface area contributed by atoms with Crippen LogP contribution in [0.3, 0.4) is 0 Å². The van der Waals surface area contributed by atoms with E-state index in [-0.39, 0.29) is 6.04 Å². The quantitative estimate of drug-likeness (QED) is 0.897. The third kappa shape index (κ3) is 3.52. The van der Waals surface area contributed by atoms with Crippen LogP contribution >= 0.6 is 38.9 Å². The Bertz CT molecular complexity index is 487. The van der Waals surface area contributed by atoms with Gasteiger partial charge in [0.1, 0.15) is 5.01 Å². The SMILES string of the molecule is CC(NCc1ccc(Cl)c(Br)c1)c1nccs1. The molecule has 0 saturated carbocycles. The fourth-order valence-electron chi connectivity index (χ4n) is 1.46. The lowest BCUT2D eigenvalue weighted by Crippen LogP contribution is -2.17. The third-order valence-electron chi connectivity index (χ3n) is 2.42. The Morgan fingerprint density at radius 3 is 3.00 bits per heavy atom. The Balaban J connectivity index is 1.96. The Hall–Kier alpha value is -0.420. The highest BCUT2D eigenvalue weighted by atomic mass is 79.9. The van der Waals surface area contributed by atoms with Crippen molar-refractivity contribution >= 4 is 38.9 Å². The van der Waals surface area contributed by atoms with Crippen molar-refractivity contribution in [3.8, 4) is 0 Å². The molecule has 1 aromatic heterocycles. The molecule has 1 aromatic carbocycles. The van der Waals surface area contributed by atoms with E-state index >= 15 is 0 Å². The van der Waals surface area contributed by atoms with Crippen molar-refractivity contribution in [1.82, 2.24) is 10.3 Å². The van der Waals surface area contributed by atoms with E-state index in [0.29, 0.717) is 0 Å². The first-order chi connectivity index (χ1) is 8.16. The Morgan fingerprint density at radius 2 is 2.35 bits per heavy atom. The summed E-state index contributed by atoms with van der Waals surface area (Å²) in [6.45, 7) is 2.92. The minimum absolute atomic E-state index is 0.268. The van der Waals surface area contributed by atoms with Gasteiger partial charge in [0.2, 0.25) is 0 Å². The number of hydrogen-bond donors (Lipinski definition) is 1. The lowest BCUT2D eigenvalue weighted by atomic mass is 10.2. The highest BCUT2D eigenvalue weighted by molar-refractivity contribution is 9.10. The summed E-state index contributed by atoms with van der Waals surface area (Å²) < 4.78 is 0.931. The molecule has 0 aliphatic carbocycles. The van der Waals surface area contributed by atoms with Crippen LogP contribution in [0.15, 0.2) is 34.2 Å². The number of aromatic nitrogens is 1. The molecular formula is C12H12BrClN2S. The molecule has 17 heavy (non-hydrogen) atoms. The first kappa shape index (κ1) is 13.0. The van der Waals surface area contributed by atoms with E-state index in [1.807, 2.05) is 29.8 Å². The van der Waals surface area contributed by atoms with Crippen LogP contribution < -0.4 is 5.32 Å². The topological polar surface area (TPSA) is 24.9 Å². The normalized spacial score (nSPS) is 12.6. The zero-order valence-electron chi connectivity index (χ0n) is 9.28. The van der Waals surface area contributed by atoms with Crippen molar-refractivity contribution in [2.75, 3.05) is 0 Å². The standard InChI is InChI=1S/C12H12BrClN2S/c1-8(12-15-4-5-17-12)16-7-9-2-3-11(14)10(13)6-9/h2-6,8,16H,7H2,1H3. The van der Waals surface area contributed by atoms with Gasteiger partial charge in [-0.2, -0.15) is 0 Å². The van der Waals surface area contributed by atoms with Crippen molar-refractivity contribution in [2.24, 2.45) is 0 Å². The van der Waals surface area contributed by atoms with Crippen molar-refractivity contribution in [3.05, 3.63) is 49.8 Å². The van der Waals surface area contributed by atoms with Gasteiger partial charge in [-0.25, -0.2) is 4.98 Å². The molecule has 0 radical (unpaired) electrons. The van der Waals surface area contributed by atoms with E-state index < -0.39 is 0 Å². The van der Waals surface area contributed by atoms with Crippen molar-refractivity contribution in [1.29, 1.82) is 0 Å². The van der Waals surface area contributed by atoms with Crippen LogP contribution in [0.4, 0.5) is 0 Å². The molecule has 0 amide bonds. The molecule has 1 unspecified atom stereocenters. The smallest absolute Gasteiger partial charge is 0.109 e. The predicted octanol–water partition coefficient (Wildman–Crippen LogP) is 4.41. The van der Waals surface area contributed by atoms with E-state index in [1.165, 1.54) is 5.56 Å². The van der Waals surface area contributed by atoms with Crippen LogP contribution in [-0.4, -0.2) is 4.98 Å². The lowest BCUT2D eigenvalue weighted by molar-refractivity contribution is 0.572. The molecule has 0 bridgehead atoms. The number of benzene rings is 1. The molecule has 0 aliphatic rings. The molecule has 90 valence electrons. The van der Waals surface area contributed by atoms with Gasteiger partial charge in [-0.1, -0.05) is 17.7 Å². The average molecular weight is 332 g/mol. The van der Waals surface area contributed by atoms with Gasteiger partial charge in [-0.15, -0.1) is 11.3 Å². The van der Waals surface area contributed by atoms with Gasteiger partial charge >= 0.3 is 0 Å². The Kier molecular flexibility index (Phi) is 4.56. The van der Waals surface area contributed by atoms with Crippen molar-refractivity contribution in [2.45, 2.75) is 19.5 Å². The number of thiazole rings is 1. The monoisotopic (exact) mass is 330 g/mol. The lowest BCUT2D eigenvalue weighted by Gasteiger charge is -2.11. The Labute approximate surface area is 118 Å². The summed E-state index contributed by atoms with van der Waals surface area (Å²) >= 11 is 11.0. The molecule has 1 heterocycles. The molecule has 1 N–H and O–H groups in total. The van der Waals surface area contributed by atoms with Gasteiger partial charge in [0.15, 0.2) is 0 Å². The minimum atomic E-state index is 0.268. The van der Waals surface area contributed by atoms with E-state index in [9.17, 15) is 0 Å². The van der Waals surface area contributed by atoms with Gasteiger partial charge in [-0.05, 0) is 40.5 Å². The maximum absolute atomic E-state index is 5.95. The number of rotatable bonds is 4. The van der Waals surface area contributed by atoms with Crippen LogP contribution in [0.25, 0.3) is 0 Å². The van der Waals surface area contributed by atoms with Crippen molar-refractivity contribution < 1.29 is 0 Å². The summed E-state index contributed by atoms with van der Waals surface area (Å²) in [7, 11) is 0. The number of nitrogens with one attached hydrogen (secondary N) is 1. The maximum atomic E-state index is 5.95. The summed E-state index contributed by atoms with van der Waals surface area (Å²) in [6, 6.07) is 6.22. The van der Waals surface area contributed by atoms with Crippen LogP contribution in [0.5, 0.6) is 0 Å². The summed E-state index contributed by atoms with van der Waals surface area (Å²) in [5.74, 6) is 0. The molecule has 2 nitrogen and oxygen atoms in total. The highest BCUT2D eigenvalue weighted by Crippen LogP contribution is 2.23. The van der Waals surface area contributed by atoms with Gasteiger partial charge in [0.05, 0.1) is 11.1 Å². The van der Waals surface area contributed by atoms with E-state index in [4.69, 9.17) is 11.6 Å². The zero-order chi connectivity index (χ0) is 12.3. The molecule has 2 aromatic rings. The Morgan fingerprint density at radius 1 is 1.53 bits per heavy atom. The van der Waals surface area contributed by atoms with E-state index in [1.54, 1.807) is 11.3 Å². The molecule has 2 rings (SSSR count). The molecular weight excluding hydrogens is 320 g/mol. The first-order valence-electron chi connectivity index (χ1n) is 5.23. The van der Waals surface area contributed by atoms with Crippen LogP contribution in [0.2, 0.25) is 5.02 Å². The number of nitrogens with zero attached hydrogens (tertiary/aromatic N) is 1. The van der Waals surface area contributed by atoms with E-state index in [2.05, 4.69) is 33.2 Å². The summed E-state index contributed by atoms with van der Waals surface area (Å²) in [4.78, 5) is 4.29. The molecule has 0 spiro atoms. The third-order valence-corrected chi connectivity index (χ3v) is 4.59. The summed E-state index contributed by atoms with van der Waals surface area (Å²) in [5, 5.41) is 7.27. The van der Waals surface area contributed by atoms with Gasteiger partial charge in [0.25, 0.3) is 0 Å². The second-order valence-electron chi connectivity index (χ2n) is 3.72. The van der Waals surface area contributed by atoms with Crippen LogP contribution in [-0.2, 0) is 6.54 Å². The molecule has 0 saturated heterocycles. The summed E-state index contributed by atoms with van der Waals surface area (Å²) in [5.41, 5.74) is 1.20. The highest BCUT2D eigenvalue weighted by Gasteiger charge is 2.07. The summed E-state index contributed by atoms with van der Waals surface area (Å²) in [6.07, 6.45) is 1.83. The fourth-order valence-corrected chi connectivity index (χ4v) is 2.67. The van der Waals surface area contributed by atoms with Crippen LogP contribution in [0, 0.1) is 0 Å². The molecule has 1 atom stereocenters. The number of hydrogen-bond acceptors (Lipinski definition) is 3. The average Bonchev–Trinajstić information content (AvgIpc) is 2.84. The van der Waals surface area contributed by atoms with Gasteiger partial charge < -0.3 is 5.32 Å². The zero-order valence-corrected chi connectivity index (χ0v) is 12.4. The maximum Gasteiger partial charge on any atom is 0.109 e. The molecule has 0 fully saturated rings. The second-order valence-corrected chi connectivity index (χ2v) is 5.91. The van der Waals surface area contributed by atoms with E-state index in [0.717, 1.165) is 21.0 Å². The van der Waals surface area contributed by atoms with Gasteiger partial charge in [0, 0.05) is 22.6 Å². The first-order valence-corrected chi connectivity index (χ1v) is 7.28. The largest absolute Gasteiger partial charge is 0.304 e. The predicted molar refractivity (Wildman–Crippen MR) is 76.5 cm³/mol. The molecule has 5 heteroatoms.